The summed E-state index contributed by atoms with van der Waals surface area (Å²) in [6, 6.07) is 0. The van der Waals surface area contributed by atoms with Gasteiger partial charge in [0, 0.05) is 16.4 Å². The minimum Gasteiger partial charge on any atom is -0.458 e. The lowest BCUT2D eigenvalue weighted by molar-refractivity contribution is -0.148. The third-order valence-electron chi connectivity index (χ3n) is 8.43. The zero-order valence-corrected chi connectivity index (χ0v) is 19.8. The van der Waals surface area contributed by atoms with E-state index in [1.54, 1.807) is 6.92 Å². The number of fused-ring (bicyclic) bond motifs is 5. The summed E-state index contributed by atoms with van der Waals surface area (Å²) in [4.78, 5) is 37.4. The zero-order chi connectivity index (χ0) is 21.0. The molecule has 5 heteroatoms. The van der Waals surface area contributed by atoms with Gasteiger partial charge in [0.15, 0.2) is 11.6 Å². The molecule has 2 fully saturated rings. The highest BCUT2D eigenvalue weighted by molar-refractivity contribution is 14.1. The lowest BCUT2D eigenvalue weighted by Crippen LogP contribution is -2.53. The van der Waals surface area contributed by atoms with E-state index in [1.165, 1.54) is 0 Å². The van der Waals surface area contributed by atoms with E-state index >= 15 is 0 Å². The number of hydrogen-bond acceptors (Lipinski definition) is 4. The van der Waals surface area contributed by atoms with Crippen molar-refractivity contribution in [2.45, 2.75) is 71.8 Å². The summed E-state index contributed by atoms with van der Waals surface area (Å²) in [6.07, 6.45) is 9.53. The largest absolute Gasteiger partial charge is 0.458 e. The first kappa shape index (κ1) is 21.3. The molecule has 0 radical (unpaired) electrons. The Kier molecular flexibility index (Phi) is 5.58. The summed E-state index contributed by atoms with van der Waals surface area (Å²) in [5.74, 6) is 1.44. The average molecular weight is 510 g/mol. The van der Waals surface area contributed by atoms with Crippen molar-refractivity contribution in [2.75, 3.05) is 4.43 Å². The summed E-state index contributed by atoms with van der Waals surface area (Å²) >= 11 is 2.18. The topological polar surface area (TPSA) is 60.4 Å². The summed E-state index contributed by atoms with van der Waals surface area (Å²) in [5, 5.41) is 0. The Morgan fingerprint density at radius 3 is 2.59 bits per heavy atom. The number of carbonyl (C=O) groups excluding carboxylic acids is 3. The predicted molar refractivity (Wildman–Crippen MR) is 120 cm³/mol. The van der Waals surface area contributed by atoms with Crippen LogP contribution in [0.3, 0.4) is 0 Å². The molecular formula is C24H31IO4. The Morgan fingerprint density at radius 2 is 1.90 bits per heavy atom. The zero-order valence-electron chi connectivity index (χ0n) is 17.6. The van der Waals surface area contributed by atoms with Crippen LogP contribution in [0, 0.1) is 28.6 Å². The lowest BCUT2D eigenvalue weighted by Gasteiger charge is -2.57. The molecule has 0 heterocycles. The van der Waals surface area contributed by atoms with E-state index in [-0.39, 0.29) is 34.5 Å². The van der Waals surface area contributed by atoms with E-state index in [0.29, 0.717) is 30.6 Å². The van der Waals surface area contributed by atoms with Gasteiger partial charge in [-0.3, -0.25) is 14.4 Å². The minimum atomic E-state index is -0.264. The fraction of sp³-hybridized carbons (Fsp3) is 0.708. The molecule has 158 valence electrons. The van der Waals surface area contributed by atoms with Gasteiger partial charge in [-0.05, 0) is 79.3 Å². The summed E-state index contributed by atoms with van der Waals surface area (Å²) < 4.78 is 6.36. The van der Waals surface area contributed by atoms with Gasteiger partial charge in [-0.2, -0.15) is 0 Å². The van der Waals surface area contributed by atoms with E-state index in [2.05, 4.69) is 42.5 Å². The van der Waals surface area contributed by atoms with E-state index < -0.39 is 0 Å². The van der Waals surface area contributed by atoms with Crippen LogP contribution in [0.5, 0.6) is 0 Å². The highest BCUT2D eigenvalue weighted by Gasteiger charge is 2.59. The van der Waals surface area contributed by atoms with Crippen LogP contribution in [0.25, 0.3) is 0 Å². The van der Waals surface area contributed by atoms with E-state index in [9.17, 15) is 14.4 Å². The molecule has 6 atom stereocenters. The summed E-state index contributed by atoms with van der Waals surface area (Å²) in [6.45, 7) is 6.18. The number of ether oxygens (including phenoxy) is 1. The van der Waals surface area contributed by atoms with Crippen molar-refractivity contribution in [3.8, 4) is 0 Å². The third-order valence-corrected chi connectivity index (χ3v) is 8.97. The number of ketones is 2. The molecule has 0 unspecified atom stereocenters. The molecule has 0 bridgehead atoms. The first-order chi connectivity index (χ1) is 13.7. The van der Waals surface area contributed by atoms with Crippen LogP contribution >= 0.6 is 22.6 Å². The lowest BCUT2D eigenvalue weighted by atomic mass is 9.46. The Morgan fingerprint density at radius 1 is 1.17 bits per heavy atom. The smallest absolute Gasteiger partial charge is 0.307 e. The van der Waals surface area contributed by atoms with Crippen molar-refractivity contribution in [1.82, 2.24) is 0 Å². The van der Waals surface area contributed by atoms with Gasteiger partial charge in [-0.25, -0.2) is 0 Å². The number of allylic oxidation sites excluding steroid dienone is 3. The summed E-state index contributed by atoms with van der Waals surface area (Å²) in [5.41, 5.74) is 1.69. The molecule has 29 heavy (non-hydrogen) atoms. The Labute approximate surface area is 187 Å². The van der Waals surface area contributed by atoms with Gasteiger partial charge in [0.1, 0.15) is 6.10 Å². The van der Waals surface area contributed by atoms with Crippen LogP contribution in [0.2, 0.25) is 0 Å². The monoisotopic (exact) mass is 510 g/mol. The molecule has 0 N–H and O–H groups in total. The van der Waals surface area contributed by atoms with Gasteiger partial charge in [0.2, 0.25) is 0 Å². The molecule has 4 aliphatic carbocycles. The van der Waals surface area contributed by atoms with Crippen molar-refractivity contribution in [3.05, 3.63) is 23.3 Å². The fourth-order valence-corrected chi connectivity index (χ4v) is 7.47. The number of carbonyl (C=O) groups is 3. The average Bonchev–Trinajstić information content (AvgIpc) is 3.01. The van der Waals surface area contributed by atoms with Gasteiger partial charge < -0.3 is 4.74 Å². The number of esters is 1. The molecule has 4 aliphatic rings. The van der Waals surface area contributed by atoms with Crippen LogP contribution in [0.15, 0.2) is 23.3 Å². The van der Waals surface area contributed by atoms with Crippen molar-refractivity contribution < 1.29 is 19.1 Å². The van der Waals surface area contributed by atoms with E-state index in [4.69, 9.17) is 4.74 Å². The second-order valence-electron chi connectivity index (χ2n) is 9.87. The number of hydrogen-bond donors (Lipinski definition) is 0. The fourth-order valence-electron chi connectivity index (χ4n) is 7.03. The van der Waals surface area contributed by atoms with Crippen molar-refractivity contribution >= 4 is 40.1 Å². The SMILES string of the molecule is CC(=O)C1=CC[C@H]2[C@@H]3CC(=O)C4=C[C@@H](OC(=O)CCI)CC[C@]4(C)[C@H]3CC[C@]12C. The molecular weight excluding hydrogens is 479 g/mol. The number of rotatable bonds is 4. The van der Waals surface area contributed by atoms with Gasteiger partial charge in [-0.15, -0.1) is 0 Å². The van der Waals surface area contributed by atoms with E-state index in [0.717, 1.165) is 47.7 Å². The Hall–Kier alpha value is -0.980. The van der Waals surface area contributed by atoms with Gasteiger partial charge in [0.05, 0.1) is 6.42 Å². The van der Waals surface area contributed by atoms with Crippen LogP contribution in [0.4, 0.5) is 0 Å². The number of halogens is 1. The van der Waals surface area contributed by atoms with Crippen LogP contribution < -0.4 is 0 Å². The van der Waals surface area contributed by atoms with Gasteiger partial charge >= 0.3 is 5.97 Å². The predicted octanol–water partition coefficient (Wildman–Crippen LogP) is 4.99. The molecule has 0 aromatic rings. The maximum atomic E-state index is 13.3. The van der Waals surface area contributed by atoms with Crippen molar-refractivity contribution in [1.29, 1.82) is 0 Å². The van der Waals surface area contributed by atoms with Gasteiger partial charge in [0.25, 0.3) is 0 Å². The molecule has 0 aliphatic heterocycles. The molecule has 0 spiro atoms. The normalized spacial score (nSPS) is 40.9. The molecule has 0 amide bonds. The molecule has 0 aromatic carbocycles. The summed E-state index contributed by atoms with van der Waals surface area (Å²) in [7, 11) is 0. The first-order valence-electron chi connectivity index (χ1n) is 10.9. The molecule has 0 saturated heterocycles. The minimum absolute atomic E-state index is 0.0724. The highest BCUT2D eigenvalue weighted by Crippen LogP contribution is 2.64. The molecule has 4 rings (SSSR count). The second kappa shape index (κ2) is 7.61. The second-order valence-corrected chi connectivity index (χ2v) is 11.0. The van der Waals surface area contributed by atoms with Crippen LogP contribution in [0.1, 0.15) is 65.7 Å². The number of alkyl halides is 1. The van der Waals surface area contributed by atoms with Crippen LogP contribution in [-0.2, 0) is 19.1 Å². The Balaban J connectivity index is 1.59. The maximum absolute atomic E-state index is 13.3. The van der Waals surface area contributed by atoms with E-state index in [1.807, 2.05) is 6.08 Å². The van der Waals surface area contributed by atoms with Crippen LogP contribution in [-0.4, -0.2) is 28.1 Å². The first-order valence-corrected chi connectivity index (χ1v) is 12.5. The highest BCUT2D eigenvalue weighted by atomic mass is 127. The maximum Gasteiger partial charge on any atom is 0.307 e. The van der Waals surface area contributed by atoms with Crippen molar-refractivity contribution in [3.63, 3.8) is 0 Å². The Bertz CT molecular complexity index is 812. The quantitative estimate of drug-likeness (QED) is 0.304. The molecule has 2 saturated carbocycles. The molecule has 0 aromatic heterocycles. The standard InChI is InChI=1S/C24H31IO4/c1-14(26)17-4-5-18-16-13-21(27)20-12-15(29-22(28)8-11-25)6-9-24(20,3)19(16)7-10-23(17,18)2/h4,12,15-16,18-19H,5-11,13H2,1-3H3/t15-,16-,18-,19-,23+,24+/m0/s1. The number of Topliss-reactive ketones (excluding diaryl/α,β-unsaturated/α-hetero) is 2. The van der Waals surface area contributed by atoms with Gasteiger partial charge in [-0.1, -0.05) is 42.5 Å². The third kappa shape index (κ3) is 3.35. The van der Waals surface area contributed by atoms with Crippen molar-refractivity contribution in [2.24, 2.45) is 28.6 Å². The molecule has 4 nitrogen and oxygen atoms in total.